The molecule has 0 aromatic heterocycles. The van der Waals surface area contributed by atoms with Crippen molar-refractivity contribution in [3.8, 4) is 0 Å². The molecular weight excluding hydrogens is 1340 g/mol. The van der Waals surface area contributed by atoms with Crippen LogP contribution in [0.3, 0.4) is 0 Å². The van der Waals surface area contributed by atoms with Crippen LogP contribution in [-0.2, 0) is 65.4 Å². The zero-order valence-corrected chi connectivity index (χ0v) is 69.7. The van der Waals surface area contributed by atoms with Gasteiger partial charge in [0.15, 0.2) is 12.2 Å². The van der Waals surface area contributed by atoms with Crippen molar-refractivity contribution < 1.29 is 80.2 Å². The summed E-state index contributed by atoms with van der Waals surface area (Å²) < 4.78 is 68.8. The van der Waals surface area contributed by atoms with Gasteiger partial charge in [0.25, 0.3) is 0 Å². The normalized spacial score (nSPS) is 14.8. The molecule has 0 aromatic rings. The lowest BCUT2D eigenvalue weighted by Gasteiger charge is -2.21. The van der Waals surface area contributed by atoms with Crippen molar-refractivity contribution >= 4 is 39.5 Å². The van der Waals surface area contributed by atoms with Crippen molar-refractivity contribution in [2.24, 2.45) is 23.7 Å². The van der Waals surface area contributed by atoms with Crippen LogP contribution >= 0.6 is 15.6 Å². The van der Waals surface area contributed by atoms with E-state index < -0.39 is 97.5 Å². The summed E-state index contributed by atoms with van der Waals surface area (Å²) in [5.74, 6) is 1.08. The fourth-order valence-electron chi connectivity index (χ4n) is 12.9. The van der Waals surface area contributed by atoms with E-state index in [0.29, 0.717) is 25.7 Å². The Labute approximate surface area is 632 Å². The minimum absolute atomic E-state index is 0.107. The number of unbranched alkanes of at least 4 members (excludes halogenated alkanes) is 44. The molecule has 3 N–H and O–H groups in total. The van der Waals surface area contributed by atoms with Crippen molar-refractivity contribution in [3.63, 3.8) is 0 Å². The van der Waals surface area contributed by atoms with Gasteiger partial charge >= 0.3 is 39.5 Å². The van der Waals surface area contributed by atoms with E-state index in [4.69, 9.17) is 37.0 Å². The molecule has 0 spiro atoms. The SMILES string of the molecule is CCC(C)CCCCCCCCCCCCCCCCCCCCC(=O)O[C@H](COC(=O)CCCCCCCCCCC(C)CC)COP(=O)(O)OC[C@@H](O)COP(=O)(O)OC[C@@H](COC(=O)CCCCCCCCC(C)CC)OC(=O)CCCCCCCCCCCCCCCCCCC(C)C. The fourth-order valence-corrected chi connectivity index (χ4v) is 14.4. The minimum atomic E-state index is -4.96. The van der Waals surface area contributed by atoms with Gasteiger partial charge in [0, 0.05) is 25.7 Å². The van der Waals surface area contributed by atoms with Crippen LogP contribution < -0.4 is 0 Å². The standard InChI is InChI=1S/C84H164O17P2/c1-9-75(6)61-53-45-37-31-27-23-19-14-12-13-15-20-24-28-32-40-50-58-66-83(88)100-79(70-94-81(86)64-56-48-39-35-34-38-46-54-62-76(7)10-2)72-98-102(90,91)96-68-78(85)69-97-103(92,93)99-73-80(71-95-82(87)65-57-49-43-42-47-55-63-77(8)11-3)101-84(89)67-59-51-41-33-29-25-21-17-16-18-22-26-30-36-44-52-60-74(4)5/h74-80,85H,9-73H2,1-8H3,(H,90,91)(H,92,93)/t75?,76?,77?,78-,79-,80-/m1/s1. The summed E-state index contributed by atoms with van der Waals surface area (Å²) in [5, 5.41) is 10.7. The molecule has 612 valence electrons. The number of phosphoric ester groups is 2. The minimum Gasteiger partial charge on any atom is -0.462 e. The van der Waals surface area contributed by atoms with Gasteiger partial charge in [-0.05, 0) is 49.4 Å². The predicted octanol–water partition coefficient (Wildman–Crippen LogP) is 25.2. The Balaban J connectivity index is 5.19. The van der Waals surface area contributed by atoms with Crippen LogP contribution in [0.5, 0.6) is 0 Å². The highest BCUT2D eigenvalue weighted by Gasteiger charge is 2.30. The number of esters is 4. The summed E-state index contributed by atoms with van der Waals surface area (Å²) in [7, 11) is -9.93. The number of rotatable bonds is 81. The molecule has 0 aliphatic rings. The second kappa shape index (κ2) is 72.9. The van der Waals surface area contributed by atoms with Crippen molar-refractivity contribution in [2.45, 2.75) is 453 Å². The average Bonchev–Trinajstić information content (AvgIpc) is 0.931. The lowest BCUT2D eigenvalue weighted by Crippen LogP contribution is -2.30. The maximum Gasteiger partial charge on any atom is 0.472 e. The molecule has 0 bridgehead atoms. The summed E-state index contributed by atoms with van der Waals surface area (Å²) in [6, 6.07) is 0. The van der Waals surface area contributed by atoms with Crippen LogP contribution in [0.25, 0.3) is 0 Å². The van der Waals surface area contributed by atoms with Gasteiger partial charge in [-0.3, -0.25) is 37.3 Å². The Hall–Kier alpha value is -1.94. The van der Waals surface area contributed by atoms with Crippen LogP contribution in [0.2, 0.25) is 0 Å². The van der Waals surface area contributed by atoms with Gasteiger partial charge in [-0.1, -0.05) is 383 Å². The summed E-state index contributed by atoms with van der Waals surface area (Å²) in [6.45, 7) is 14.3. The lowest BCUT2D eigenvalue weighted by molar-refractivity contribution is -0.161. The topological polar surface area (TPSA) is 237 Å². The first-order chi connectivity index (χ1) is 49.7. The van der Waals surface area contributed by atoms with Gasteiger partial charge in [0.2, 0.25) is 0 Å². The van der Waals surface area contributed by atoms with Crippen molar-refractivity contribution in [2.75, 3.05) is 39.6 Å². The number of carbonyl (C=O) groups is 4. The Morgan fingerprint density at radius 2 is 0.466 bits per heavy atom. The van der Waals surface area contributed by atoms with Crippen molar-refractivity contribution in [1.82, 2.24) is 0 Å². The molecule has 0 aliphatic carbocycles. The quantitative estimate of drug-likeness (QED) is 0.0222. The van der Waals surface area contributed by atoms with Crippen molar-refractivity contribution in [1.29, 1.82) is 0 Å². The number of phosphoric acid groups is 2. The Bertz CT molecular complexity index is 2010. The molecule has 19 heteroatoms. The third-order valence-electron chi connectivity index (χ3n) is 20.7. The van der Waals surface area contributed by atoms with Crippen LogP contribution in [0, 0.1) is 23.7 Å². The number of aliphatic hydroxyl groups excluding tert-OH is 1. The molecule has 17 nitrogen and oxygen atoms in total. The molecule has 0 aliphatic heterocycles. The second-order valence-electron chi connectivity index (χ2n) is 31.4. The smallest absolute Gasteiger partial charge is 0.462 e. The van der Waals surface area contributed by atoms with Crippen LogP contribution in [0.15, 0.2) is 0 Å². The summed E-state index contributed by atoms with van der Waals surface area (Å²) in [4.78, 5) is 73.1. The zero-order valence-electron chi connectivity index (χ0n) is 68.0. The van der Waals surface area contributed by atoms with Gasteiger partial charge in [-0.2, -0.15) is 0 Å². The molecule has 103 heavy (non-hydrogen) atoms. The predicted molar refractivity (Wildman–Crippen MR) is 423 cm³/mol. The molecular formula is C84H164O17P2. The van der Waals surface area contributed by atoms with E-state index in [9.17, 15) is 43.2 Å². The number of carbonyl (C=O) groups excluding carboxylic acids is 4. The number of hydrogen-bond donors (Lipinski definition) is 3. The van der Waals surface area contributed by atoms with E-state index >= 15 is 0 Å². The van der Waals surface area contributed by atoms with Gasteiger partial charge in [-0.15, -0.1) is 0 Å². The first-order valence-corrected chi connectivity index (χ1v) is 46.3. The van der Waals surface area contributed by atoms with E-state index in [0.717, 1.165) is 120 Å². The fraction of sp³-hybridized carbons (Fsp3) is 0.952. The van der Waals surface area contributed by atoms with Crippen molar-refractivity contribution in [3.05, 3.63) is 0 Å². The number of hydrogen-bond acceptors (Lipinski definition) is 15. The molecule has 0 heterocycles. The van der Waals surface area contributed by atoms with Gasteiger partial charge in [0.05, 0.1) is 26.4 Å². The Kier molecular flexibility index (Phi) is 71.5. The van der Waals surface area contributed by atoms with Gasteiger partial charge in [0.1, 0.15) is 19.3 Å². The summed E-state index contributed by atoms with van der Waals surface area (Å²) in [5.41, 5.74) is 0. The molecule has 0 fully saturated rings. The Morgan fingerprint density at radius 1 is 0.272 bits per heavy atom. The Morgan fingerprint density at radius 3 is 0.689 bits per heavy atom. The zero-order chi connectivity index (χ0) is 76.0. The van der Waals surface area contributed by atoms with Gasteiger partial charge < -0.3 is 33.8 Å². The number of ether oxygens (including phenoxy) is 4. The summed E-state index contributed by atoms with van der Waals surface area (Å²) in [6.07, 6.45) is 61.1. The molecule has 8 atom stereocenters. The monoisotopic (exact) mass is 1510 g/mol. The third kappa shape index (κ3) is 74.0. The molecule has 0 amide bonds. The van der Waals surface area contributed by atoms with E-state index in [1.165, 1.54) is 231 Å². The maximum absolute atomic E-state index is 13.1. The first-order valence-electron chi connectivity index (χ1n) is 43.3. The lowest BCUT2D eigenvalue weighted by atomic mass is 9.99. The van der Waals surface area contributed by atoms with Gasteiger partial charge in [-0.25, -0.2) is 9.13 Å². The molecule has 0 aromatic carbocycles. The molecule has 5 unspecified atom stereocenters. The van der Waals surface area contributed by atoms with E-state index in [-0.39, 0.29) is 25.7 Å². The first kappa shape index (κ1) is 101. The molecule has 0 rings (SSSR count). The maximum atomic E-state index is 13.1. The average molecular weight is 1510 g/mol. The van der Waals surface area contributed by atoms with Crippen LogP contribution in [-0.4, -0.2) is 96.7 Å². The number of aliphatic hydroxyl groups is 1. The highest BCUT2D eigenvalue weighted by atomic mass is 31.2. The largest absolute Gasteiger partial charge is 0.472 e. The van der Waals surface area contributed by atoms with E-state index in [2.05, 4.69) is 55.4 Å². The van der Waals surface area contributed by atoms with Crippen LogP contribution in [0.4, 0.5) is 0 Å². The van der Waals surface area contributed by atoms with E-state index in [1.54, 1.807) is 0 Å². The second-order valence-corrected chi connectivity index (χ2v) is 34.3. The van der Waals surface area contributed by atoms with Crippen LogP contribution in [0.1, 0.15) is 434 Å². The highest BCUT2D eigenvalue weighted by molar-refractivity contribution is 7.47. The third-order valence-corrected chi connectivity index (χ3v) is 22.6. The highest BCUT2D eigenvalue weighted by Crippen LogP contribution is 2.45. The van der Waals surface area contributed by atoms with E-state index in [1.807, 2.05) is 0 Å². The molecule has 0 saturated heterocycles. The molecule has 0 saturated carbocycles. The summed E-state index contributed by atoms with van der Waals surface area (Å²) >= 11 is 0. The molecule has 0 radical (unpaired) electrons.